The van der Waals surface area contributed by atoms with Crippen LogP contribution in [0.25, 0.3) is 10.7 Å². The molecule has 0 saturated carbocycles. The Balaban J connectivity index is 2.36. The molecule has 0 aliphatic rings. The van der Waals surface area contributed by atoms with E-state index in [1.807, 2.05) is 12.1 Å². The highest BCUT2D eigenvalue weighted by Crippen LogP contribution is 2.24. The van der Waals surface area contributed by atoms with E-state index in [0.29, 0.717) is 6.54 Å². The molecule has 0 aliphatic heterocycles. The molecule has 3 nitrogen and oxygen atoms in total. The van der Waals surface area contributed by atoms with Gasteiger partial charge in [-0.05, 0) is 18.2 Å². The summed E-state index contributed by atoms with van der Waals surface area (Å²) in [5, 5.41) is 0. The van der Waals surface area contributed by atoms with Crippen LogP contribution in [0.1, 0.15) is 4.88 Å². The summed E-state index contributed by atoms with van der Waals surface area (Å²) in [6.07, 6.45) is 3.48. The van der Waals surface area contributed by atoms with Crippen molar-refractivity contribution in [3.63, 3.8) is 0 Å². The Labute approximate surface area is 80.3 Å². The summed E-state index contributed by atoms with van der Waals surface area (Å²) in [5.41, 5.74) is 5.51. The molecule has 0 aromatic carbocycles. The van der Waals surface area contributed by atoms with Gasteiger partial charge >= 0.3 is 0 Å². The first-order chi connectivity index (χ1) is 6.40. The fraction of sp³-hybridized carbons (Fsp3) is 0.111. The molecule has 2 aromatic heterocycles. The van der Waals surface area contributed by atoms with E-state index < -0.39 is 0 Å². The van der Waals surface area contributed by atoms with Crippen LogP contribution in [-0.2, 0) is 6.54 Å². The maximum absolute atomic E-state index is 5.51. The molecule has 0 atom stereocenters. The Morgan fingerprint density at radius 2 is 2.00 bits per heavy atom. The molecule has 4 heteroatoms. The van der Waals surface area contributed by atoms with Crippen molar-refractivity contribution in [3.05, 3.63) is 35.5 Å². The SMILES string of the molecule is NCc1ccc(-c2ncccn2)s1. The van der Waals surface area contributed by atoms with Crippen molar-refractivity contribution in [2.45, 2.75) is 6.54 Å². The van der Waals surface area contributed by atoms with Crippen LogP contribution in [0.15, 0.2) is 30.6 Å². The van der Waals surface area contributed by atoms with Crippen LogP contribution in [-0.4, -0.2) is 9.97 Å². The van der Waals surface area contributed by atoms with E-state index in [1.165, 1.54) is 0 Å². The fourth-order valence-corrected chi connectivity index (χ4v) is 1.87. The summed E-state index contributed by atoms with van der Waals surface area (Å²) < 4.78 is 0. The number of thiophene rings is 1. The summed E-state index contributed by atoms with van der Waals surface area (Å²) in [6.45, 7) is 0.581. The highest BCUT2D eigenvalue weighted by molar-refractivity contribution is 7.15. The smallest absolute Gasteiger partial charge is 0.169 e. The monoisotopic (exact) mass is 191 g/mol. The van der Waals surface area contributed by atoms with Crippen molar-refractivity contribution in [2.24, 2.45) is 5.73 Å². The van der Waals surface area contributed by atoms with Gasteiger partial charge in [0, 0.05) is 23.8 Å². The topological polar surface area (TPSA) is 51.8 Å². The number of rotatable bonds is 2. The Bertz CT molecular complexity index is 383. The highest BCUT2D eigenvalue weighted by Gasteiger charge is 2.02. The minimum Gasteiger partial charge on any atom is -0.326 e. The summed E-state index contributed by atoms with van der Waals surface area (Å²) in [6, 6.07) is 5.82. The molecule has 0 amide bonds. The molecule has 0 bridgehead atoms. The maximum atomic E-state index is 5.51. The number of hydrogen-bond donors (Lipinski definition) is 1. The molecule has 66 valence electrons. The lowest BCUT2D eigenvalue weighted by molar-refractivity contribution is 1.11. The first kappa shape index (κ1) is 8.34. The molecule has 0 unspecified atom stereocenters. The van der Waals surface area contributed by atoms with Crippen molar-refractivity contribution in [1.29, 1.82) is 0 Å². The summed E-state index contributed by atoms with van der Waals surface area (Å²) in [5.74, 6) is 0.771. The molecule has 0 aliphatic carbocycles. The first-order valence-corrected chi connectivity index (χ1v) is 4.78. The minimum atomic E-state index is 0.581. The standard InChI is InChI=1S/C9H9N3S/c10-6-7-2-3-8(13-7)9-11-4-1-5-12-9/h1-5H,6,10H2. The quantitative estimate of drug-likeness (QED) is 0.785. The van der Waals surface area contributed by atoms with Crippen LogP contribution in [0.3, 0.4) is 0 Å². The number of hydrogen-bond acceptors (Lipinski definition) is 4. The predicted molar refractivity (Wildman–Crippen MR) is 53.2 cm³/mol. The molecule has 2 heterocycles. The molecule has 0 saturated heterocycles. The summed E-state index contributed by atoms with van der Waals surface area (Å²) in [4.78, 5) is 10.5. The summed E-state index contributed by atoms with van der Waals surface area (Å²) in [7, 11) is 0. The van der Waals surface area contributed by atoms with Crippen LogP contribution in [0.2, 0.25) is 0 Å². The van der Waals surface area contributed by atoms with E-state index in [9.17, 15) is 0 Å². The van der Waals surface area contributed by atoms with Gasteiger partial charge in [-0.3, -0.25) is 0 Å². The lowest BCUT2D eigenvalue weighted by atomic mass is 10.4. The van der Waals surface area contributed by atoms with Crippen LogP contribution in [0.4, 0.5) is 0 Å². The van der Waals surface area contributed by atoms with Crippen LogP contribution < -0.4 is 5.73 Å². The molecular weight excluding hydrogens is 182 g/mol. The number of aromatic nitrogens is 2. The Morgan fingerprint density at radius 3 is 2.62 bits per heavy atom. The van der Waals surface area contributed by atoms with Gasteiger partial charge in [0.15, 0.2) is 5.82 Å². The number of nitrogens with two attached hydrogens (primary N) is 1. The lowest BCUT2D eigenvalue weighted by Gasteiger charge is -1.92. The zero-order valence-electron chi connectivity index (χ0n) is 6.97. The van der Waals surface area contributed by atoms with Crippen molar-refractivity contribution in [2.75, 3.05) is 0 Å². The van der Waals surface area contributed by atoms with Gasteiger partial charge in [0.05, 0.1) is 4.88 Å². The van der Waals surface area contributed by atoms with Crippen molar-refractivity contribution in [1.82, 2.24) is 9.97 Å². The second kappa shape index (κ2) is 3.64. The van der Waals surface area contributed by atoms with Crippen LogP contribution in [0.5, 0.6) is 0 Å². The highest BCUT2D eigenvalue weighted by atomic mass is 32.1. The van der Waals surface area contributed by atoms with Crippen LogP contribution >= 0.6 is 11.3 Å². The third-order valence-corrected chi connectivity index (χ3v) is 2.75. The fourth-order valence-electron chi connectivity index (χ4n) is 1.03. The van der Waals surface area contributed by atoms with E-state index in [2.05, 4.69) is 9.97 Å². The van der Waals surface area contributed by atoms with Gasteiger partial charge in [0.1, 0.15) is 0 Å². The average Bonchev–Trinajstić information content (AvgIpc) is 2.67. The van der Waals surface area contributed by atoms with Crippen molar-refractivity contribution < 1.29 is 0 Å². The largest absolute Gasteiger partial charge is 0.326 e. The maximum Gasteiger partial charge on any atom is 0.169 e. The molecule has 0 radical (unpaired) electrons. The Morgan fingerprint density at radius 1 is 1.23 bits per heavy atom. The van der Waals surface area contributed by atoms with Gasteiger partial charge in [-0.1, -0.05) is 0 Å². The van der Waals surface area contributed by atoms with E-state index in [1.54, 1.807) is 29.8 Å². The Kier molecular flexibility index (Phi) is 2.33. The molecule has 2 N–H and O–H groups in total. The third kappa shape index (κ3) is 1.74. The van der Waals surface area contributed by atoms with Gasteiger partial charge < -0.3 is 5.73 Å². The van der Waals surface area contributed by atoms with Crippen molar-refractivity contribution >= 4 is 11.3 Å². The normalized spacial score (nSPS) is 10.2. The zero-order valence-corrected chi connectivity index (χ0v) is 7.79. The second-order valence-electron chi connectivity index (χ2n) is 2.54. The summed E-state index contributed by atoms with van der Waals surface area (Å²) >= 11 is 1.64. The van der Waals surface area contributed by atoms with Gasteiger partial charge in [0.2, 0.25) is 0 Å². The van der Waals surface area contributed by atoms with E-state index in [0.717, 1.165) is 15.6 Å². The lowest BCUT2D eigenvalue weighted by Crippen LogP contribution is -1.91. The predicted octanol–water partition coefficient (Wildman–Crippen LogP) is 1.66. The van der Waals surface area contributed by atoms with E-state index in [-0.39, 0.29) is 0 Å². The van der Waals surface area contributed by atoms with Crippen molar-refractivity contribution in [3.8, 4) is 10.7 Å². The third-order valence-electron chi connectivity index (χ3n) is 1.65. The first-order valence-electron chi connectivity index (χ1n) is 3.96. The average molecular weight is 191 g/mol. The van der Waals surface area contributed by atoms with Gasteiger partial charge in [-0.2, -0.15) is 0 Å². The number of nitrogens with zero attached hydrogens (tertiary/aromatic N) is 2. The second-order valence-corrected chi connectivity index (χ2v) is 3.71. The van der Waals surface area contributed by atoms with Gasteiger partial charge in [0.25, 0.3) is 0 Å². The van der Waals surface area contributed by atoms with Gasteiger partial charge in [-0.25, -0.2) is 9.97 Å². The Hall–Kier alpha value is -1.26. The van der Waals surface area contributed by atoms with Crippen LogP contribution in [0, 0.1) is 0 Å². The van der Waals surface area contributed by atoms with Gasteiger partial charge in [-0.15, -0.1) is 11.3 Å². The zero-order chi connectivity index (χ0) is 9.10. The van der Waals surface area contributed by atoms with E-state index >= 15 is 0 Å². The molecule has 0 fully saturated rings. The molecular formula is C9H9N3S. The molecule has 13 heavy (non-hydrogen) atoms. The molecule has 0 spiro atoms. The molecule has 2 rings (SSSR count). The molecule has 2 aromatic rings. The van der Waals surface area contributed by atoms with E-state index in [4.69, 9.17) is 5.73 Å². The minimum absolute atomic E-state index is 0.581.